The van der Waals surface area contributed by atoms with Crippen molar-refractivity contribution < 1.29 is 5.11 Å². The van der Waals surface area contributed by atoms with Crippen LogP contribution in [-0.2, 0) is 0 Å². The van der Waals surface area contributed by atoms with Crippen molar-refractivity contribution in [2.45, 2.75) is 32.5 Å². The Labute approximate surface area is 145 Å². The molecule has 0 fully saturated rings. The number of para-hydroxylation sites is 1. The van der Waals surface area contributed by atoms with Gasteiger partial charge < -0.3 is 5.11 Å². The minimum Gasteiger partial charge on any atom is -0.508 e. The van der Waals surface area contributed by atoms with E-state index in [1.165, 1.54) is 0 Å². The Morgan fingerprint density at radius 2 is 1.96 bits per heavy atom. The number of hydrogen-bond acceptors (Lipinski definition) is 3. The molecular formula is C19H21BrN2O. The Morgan fingerprint density at radius 3 is 2.65 bits per heavy atom. The average molecular weight is 373 g/mol. The molecule has 0 aliphatic carbocycles. The van der Waals surface area contributed by atoms with Crippen molar-refractivity contribution in [3.05, 3.63) is 64.1 Å². The van der Waals surface area contributed by atoms with Crippen LogP contribution in [0.4, 0.5) is 0 Å². The summed E-state index contributed by atoms with van der Waals surface area (Å²) >= 11 is 3.53. The first-order chi connectivity index (χ1) is 11.0. The quantitative estimate of drug-likeness (QED) is 0.822. The molecule has 2 aromatic rings. The minimum absolute atomic E-state index is 0.0438. The third kappa shape index (κ3) is 3.65. The van der Waals surface area contributed by atoms with E-state index in [9.17, 15) is 5.11 Å². The first-order valence-electron chi connectivity index (χ1n) is 7.91. The van der Waals surface area contributed by atoms with Crippen molar-refractivity contribution in [3.63, 3.8) is 0 Å². The van der Waals surface area contributed by atoms with E-state index in [0.717, 1.165) is 27.7 Å². The summed E-state index contributed by atoms with van der Waals surface area (Å²) in [4.78, 5) is 4.90. The van der Waals surface area contributed by atoms with Crippen LogP contribution in [0, 0.1) is 5.92 Å². The molecule has 120 valence electrons. The number of benzene rings is 2. The normalized spacial score (nSPS) is 21.3. The molecule has 23 heavy (non-hydrogen) atoms. The summed E-state index contributed by atoms with van der Waals surface area (Å²) in [5.74, 6) is 0.716. The molecule has 1 heterocycles. The summed E-state index contributed by atoms with van der Waals surface area (Å²) in [6, 6.07) is 15.8. The number of aromatic hydroxyl groups is 1. The van der Waals surface area contributed by atoms with Gasteiger partial charge in [-0.25, -0.2) is 0 Å². The molecule has 0 spiro atoms. The fourth-order valence-corrected chi connectivity index (χ4v) is 3.30. The molecule has 4 heteroatoms. The first-order valence-corrected chi connectivity index (χ1v) is 8.70. The van der Waals surface area contributed by atoms with Gasteiger partial charge in [-0.2, -0.15) is 0 Å². The second-order valence-corrected chi connectivity index (χ2v) is 7.17. The second-order valence-electron chi connectivity index (χ2n) is 6.26. The van der Waals surface area contributed by atoms with E-state index in [1.54, 1.807) is 6.07 Å². The van der Waals surface area contributed by atoms with Gasteiger partial charge in [0.05, 0.1) is 0 Å². The van der Waals surface area contributed by atoms with E-state index in [0.29, 0.717) is 11.7 Å². The first kappa shape index (κ1) is 16.2. The van der Waals surface area contributed by atoms with E-state index < -0.39 is 0 Å². The Morgan fingerprint density at radius 1 is 1.17 bits per heavy atom. The molecule has 0 aromatic heterocycles. The lowest BCUT2D eigenvalue weighted by Gasteiger charge is -2.32. The van der Waals surface area contributed by atoms with Crippen LogP contribution in [0.2, 0.25) is 0 Å². The van der Waals surface area contributed by atoms with Gasteiger partial charge in [-0.15, -0.1) is 0 Å². The highest BCUT2D eigenvalue weighted by Crippen LogP contribution is 2.32. The van der Waals surface area contributed by atoms with Crippen molar-refractivity contribution in [2.75, 3.05) is 0 Å². The number of hydrogen-bond donors (Lipinski definition) is 2. The van der Waals surface area contributed by atoms with E-state index in [1.807, 2.05) is 30.3 Å². The molecule has 0 unspecified atom stereocenters. The number of phenols is 1. The third-order valence-corrected chi connectivity index (χ3v) is 4.66. The Bertz CT molecular complexity index is 727. The van der Waals surface area contributed by atoms with Crippen LogP contribution in [-0.4, -0.2) is 17.0 Å². The van der Waals surface area contributed by atoms with Crippen LogP contribution in [0.1, 0.15) is 37.4 Å². The van der Waals surface area contributed by atoms with Gasteiger partial charge in [-0.1, -0.05) is 60.1 Å². The topological polar surface area (TPSA) is 44.6 Å². The van der Waals surface area contributed by atoms with Crippen LogP contribution in [0.15, 0.2) is 58.0 Å². The number of halogens is 1. The third-order valence-electron chi connectivity index (χ3n) is 4.17. The van der Waals surface area contributed by atoms with Crippen molar-refractivity contribution >= 4 is 21.6 Å². The molecule has 3 rings (SSSR count). The van der Waals surface area contributed by atoms with Gasteiger partial charge in [0.15, 0.2) is 0 Å². The molecule has 3 nitrogen and oxygen atoms in total. The van der Waals surface area contributed by atoms with Gasteiger partial charge in [0.25, 0.3) is 0 Å². The van der Waals surface area contributed by atoms with Gasteiger partial charge in [0.2, 0.25) is 0 Å². The highest BCUT2D eigenvalue weighted by atomic mass is 79.9. The summed E-state index contributed by atoms with van der Waals surface area (Å²) < 4.78 is 1.05. The maximum absolute atomic E-state index is 10.2. The molecular weight excluding hydrogens is 352 g/mol. The summed E-state index contributed by atoms with van der Waals surface area (Å²) in [6.45, 7) is 4.32. The Balaban J connectivity index is 1.98. The number of nitrogens with one attached hydrogen (secondary N) is 1. The van der Waals surface area contributed by atoms with Crippen molar-refractivity contribution in [1.82, 2.24) is 5.32 Å². The van der Waals surface area contributed by atoms with Gasteiger partial charge in [-0.3, -0.25) is 10.3 Å². The van der Waals surface area contributed by atoms with Crippen LogP contribution in [0.25, 0.3) is 0 Å². The zero-order valence-electron chi connectivity index (χ0n) is 13.3. The zero-order chi connectivity index (χ0) is 16.4. The van der Waals surface area contributed by atoms with E-state index in [4.69, 9.17) is 4.99 Å². The Hall–Kier alpha value is -1.65. The minimum atomic E-state index is 0.0438. The van der Waals surface area contributed by atoms with Crippen molar-refractivity contribution in [1.29, 1.82) is 0 Å². The molecule has 2 aromatic carbocycles. The van der Waals surface area contributed by atoms with E-state index in [2.05, 4.69) is 47.2 Å². The number of phenolic OH excluding ortho intramolecular Hbond substituents is 1. The molecule has 1 aliphatic rings. The summed E-state index contributed by atoms with van der Waals surface area (Å²) in [7, 11) is 0. The van der Waals surface area contributed by atoms with E-state index in [-0.39, 0.29) is 12.2 Å². The second kappa shape index (κ2) is 6.85. The Kier molecular flexibility index (Phi) is 4.83. The fourth-order valence-electron chi connectivity index (χ4n) is 2.90. The number of aliphatic imine (C=N–C) groups is 1. The molecule has 0 radical (unpaired) electrons. The monoisotopic (exact) mass is 372 g/mol. The van der Waals surface area contributed by atoms with Crippen LogP contribution in [0.3, 0.4) is 0 Å². The molecule has 2 N–H and O–H groups in total. The molecule has 0 bridgehead atoms. The predicted octanol–water partition coefficient (Wildman–Crippen LogP) is 4.66. The lowest BCUT2D eigenvalue weighted by molar-refractivity contribution is 0.345. The van der Waals surface area contributed by atoms with Crippen LogP contribution < -0.4 is 5.32 Å². The molecule has 0 amide bonds. The molecule has 0 saturated carbocycles. The van der Waals surface area contributed by atoms with Crippen LogP contribution in [0.5, 0.6) is 5.75 Å². The van der Waals surface area contributed by atoms with Gasteiger partial charge in [0.1, 0.15) is 11.9 Å². The van der Waals surface area contributed by atoms with Gasteiger partial charge in [-0.05, 0) is 29.7 Å². The highest BCUT2D eigenvalue weighted by molar-refractivity contribution is 9.10. The standard InChI is InChI=1S/C19H21BrN2O/c1-12(2)19-21-16(13-6-5-7-14(20)10-13)11-17(22-19)15-8-3-4-9-18(15)23/h3-10,12,17,19,22-23H,11H2,1-2H3/t17-,19+/m1/s1. The van der Waals surface area contributed by atoms with Crippen molar-refractivity contribution in [3.8, 4) is 5.75 Å². The summed E-state index contributed by atoms with van der Waals surface area (Å²) in [6.07, 6.45) is 0.805. The van der Waals surface area contributed by atoms with E-state index >= 15 is 0 Å². The molecule has 0 saturated heterocycles. The SMILES string of the molecule is CC(C)[C@H]1N=C(c2cccc(Br)c2)C[C@H](c2ccccc2O)N1. The summed E-state index contributed by atoms with van der Waals surface area (Å²) in [5, 5.41) is 13.8. The smallest absolute Gasteiger partial charge is 0.120 e. The maximum Gasteiger partial charge on any atom is 0.120 e. The summed E-state index contributed by atoms with van der Waals surface area (Å²) in [5.41, 5.74) is 3.14. The largest absolute Gasteiger partial charge is 0.508 e. The molecule has 2 atom stereocenters. The fraction of sp³-hybridized carbons (Fsp3) is 0.316. The number of nitrogens with zero attached hydrogens (tertiary/aromatic N) is 1. The average Bonchev–Trinajstić information content (AvgIpc) is 2.55. The lowest BCUT2D eigenvalue weighted by atomic mass is 9.93. The maximum atomic E-state index is 10.2. The lowest BCUT2D eigenvalue weighted by Crippen LogP contribution is -2.41. The highest BCUT2D eigenvalue weighted by Gasteiger charge is 2.28. The van der Waals surface area contributed by atoms with Crippen molar-refractivity contribution in [2.24, 2.45) is 10.9 Å². The van der Waals surface area contributed by atoms with Crippen LogP contribution >= 0.6 is 15.9 Å². The van der Waals surface area contributed by atoms with Gasteiger partial charge in [0, 0.05) is 28.2 Å². The molecule has 1 aliphatic heterocycles. The number of rotatable bonds is 3. The zero-order valence-corrected chi connectivity index (χ0v) is 14.9. The van der Waals surface area contributed by atoms with Gasteiger partial charge >= 0.3 is 0 Å². The predicted molar refractivity (Wildman–Crippen MR) is 97.9 cm³/mol.